The second-order valence-electron chi connectivity index (χ2n) is 12.7. The molecule has 4 aromatic rings. The van der Waals surface area contributed by atoms with Crippen LogP contribution >= 0.6 is 0 Å². The summed E-state index contributed by atoms with van der Waals surface area (Å²) in [5, 5.41) is 2.44. The number of nitrogen functional groups attached to an aromatic ring is 1. The zero-order valence-electron chi connectivity index (χ0n) is 26.2. The number of nitrogens with one attached hydrogen (secondary N) is 1. The molecule has 3 aliphatic heterocycles. The van der Waals surface area contributed by atoms with Gasteiger partial charge in [0, 0.05) is 36.3 Å². The fourth-order valence-electron chi connectivity index (χ4n) is 6.56. The van der Waals surface area contributed by atoms with Crippen LogP contribution in [0.25, 0.3) is 22.3 Å². The molecule has 2 fully saturated rings. The van der Waals surface area contributed by atoms with Crippen molar-refractivity contribution >= 4 is 34.5 Å². The molecule has 3 N–H and O–H groups in total. The second-order valence-corrected chi connectivity index (χ2v) is 12.7. The maximum atomic E-state index is 13.5. The minimum Gasteiger partial charge on any atom is -0.382 e. The van der Waals surface area contributed by atoms with Gasteiger partial charge >= 0.3 is 6.18 Å². The summed E-state index contributed by atoms with van der Waals surface area (Å²) in [6.07, 6.45) is 2.53. The number of benzene rings is 1. The Bertz CT molecular complexity index is 1920. The molecule has 11 nitrogen and oxygen atoms in total. The first kappa shape index (κ1) is 31.8. The molecular weight excluding hydrogens is 627 g/mol. The number of alkyl halides is 3. The lowest BCUT2D eigenvalue weighted by Crippen LogP contribution is -2.55. The molecular formula is C34H34F3N7O4. The fraction of sp³-hybridized carbons (Fsp3) is 0.382. The van der Waals surface area contributed by atoms with Crippen LogP contribution in [0.1, 0.15) is 59.5 Å². The highest BCUT2D eigenvalue weighted by molar-refractivity contribution is 6.04. The van der Waals surface area contributed by atoms with E-state index < -0.39 is 23.1 Å². The predicted octanol–water partition coefficient (Wildman–Crippen LogP) is 5.19. The number of rotatable bonds is 6. The van der Waals surface area contributed by atoms with E-state index in [1.54, 1.807) is 30.5 Å². The first-order chi connectivity index (χ1) is 23.0. The standard InChI is InChI=1S/C34H34F3N7O4/c1-33(18-48-19-33)32(46)43-12-2-3-23(17-43)30-42-27(28-29(38)40-16-25(44(28)30)20-9-13-47-14-10-20)21-4-6-22(7-5-21)31(45)41-26-15-24(8-11-39-26)34(35,36)37/h4-9,11,15-16,23H,2-3,10,12-14,17-19H2,1H3,(H2,38,40)(H,39,41,45). The van der Waals surface area contributed by atoms with E-state index in [4.69, 9.17) is 20.2 Å². The molecule has 0 spiro atoms. The van der Waals surface area contributed by atoms with Gasteiger partial charge in [0.1, 0.15) is 28.7 Å². The van der Waals surface area contributed by atoms with Gasteiger partial charge in [-0.2, -0.15) is 13.2 Å². The van der Waals surface area contributed by atoms with E-state index in [2.05, 4.69) is 19.7 Å². The van der Waals surface area contributed by atoms with Gasteiger partial charge in [-0.25, -0.2) is 15.0 Å². The number of carbonyl (C=O) groups is 2. The third kappa shape index (κ3) is 5.90. The van der Waals surface area contributed by atoms with E-state index in [1.807, 2.05) is 17.9 Å². The molecule has 0 saturated carbocycles. The minimum atomic E-state index is -4.57. The molecule has 0 bridgehead atoms. The Balaban J connectivity index is 1.25. The van der Waals surface area contributed by atoms with Crippen molar-refractivity contribution in [2.75, 3.05) is 50.6 Å². The molecule has 0 radical (unpaired) electrons. The number of pyridine rings is 1. The monoisotopic (exact) mass is 661 g/mol. The highest BCUT2D eigenvalue weighted by Crippen LogP contribution is 2.39. The summed E-state index contributed by atoms with van der Waals surface area (Å²) in [6.45, 7) is 4.98. The van der Waals surface area contributed by atoms with Crippen LogP contribution < -0.4 is 11.1 Å². The van der Waals surface area contributed by atoms with Crippen molar-refractivity contribution in [1.29, 1.82) is 0 Å². The number of ether oxygens (including phenoxy) is 2. The molecule has 3 aliphatic rings. The minimum absolute atomic E-state index is 0.0838. The number of amides is 2. The number of nitrogens with zero attached hydrogens (tertiary/aromatic N) is 5. The Morgan fingerprint density at radius 2 is 1.90 bits per heavy atom. The average Bonchev–Trinajstić information content (AvgIpc) is 3.49. The fourth-order valence-corrected chi connectivity index (χ4v) is 6.56. The molecule has 7 rings (SSSR count). The molecule has 250 valence electrons. The molecule has 1 aromatic carbocycles. The van der Waals surface area contributed by atoms with E-state index in [0.717, 1.165) is 48.3 Å². The Kier molecular flexibility index (Phi) is 8.16. The maximum absolute atomic E-state index is 13.5. The lowest BCUT2D eigenvalue weighted by Gasteiger charge is -2.42. The van der Waals surface area contributed by atoms with Gasteiger partial charge < -0.3 is 25.4 Å². The number of carbonyl (C=O) groups excluding carboxylic acids is 2. The van der Waals surface area contributed by atoms with Gasteiger partial charge in [0.05, 0.1) is 49.3 Å². The summed E-state index contributed by atoms with van der Waals surface area (Å²) in [5.41, 5.74) is 9.11. The molecule has 2 amide bonds. The maximum Gasteiger partial charge on any atom is 0.416 e. The van der Waals surface area contributed by atoms with E-state index in [1.165, 1.54) is 0 Å². The number of aromatic nitrogens is 4. The van der Waals surface area contributed by atoms with Crippen LogP contribution in [-0.2, 0) is 20.4 Å². The van der Waals surface area contributed by atoms with Crippen molar-refractivity contribution in [3.63, 3.8) is 0 Å². The van der Waals surface area contributed by atoms with Crippen LogP contribution in [-0.4, -0.2) is 75.6 Å². The quantitative estimate of drug-likeness (QED) is 0.288. The topological polar surface area (TPSA) is 137 Å². The highest BCUT2D eigenvalue weighted by Gasteiger charge is 2.45. The smallest absolute Gasteiger partial charge is 0.382 e. The number of fused-ring (bicyclic) bond motifs is 1. The van der Waals surface area contributed by atoms with Gasteiger partial charge in [0.2, 0.25) is 5.91 Å². The van der Waals surface area contributed by atoms with Gasteiger partial charge in [-0.1, -0.05) is 18.2 Å². The molecule has 14 heteroatoms. The summed E-state index contributed by atoms with van der Waals surface area (Å²) in [6, 6.07) is 8.19. The molecule has 3 aromatic heterocycles. The van der Waals surface area contributed by atoms with Crippen molar-refractivity contribution in [2.45, 2.75) is 38.3 Å². The zero-order valence-corrected chi connectivity index (χ0v) is 26.2. The summed E-state index contributed by atoms with van der Waals surface area (Å²) < 4.78 is 52.4. The largest absolute Gasteiger partial charge is 0.416 e. The number of nitrogens with two attached hydrogens (primary N) is 1. The van der Waals surface area contributed by atoms with Crippen LogP contribution in [0.3, 0.4) is 0 Å². The number of hydrogen-bond donors (Lipinski definition) is 2. The number of halogens is 3. The zero-order chi connectivity index (χ0) is 33.6. The first-order valence-corrected chi connectivity index (χ1v) is 15.8. The summed E-state index contributed by atoms with van der Waals surface area (Å²) in [5.74, 6) is 0.219. The second kappa shape index (κ2) is 12.3. The highest BCUT2D eigenvalue weighted by atomic mass is 19.4. The third-order valence-electron chi connectivity index (χ3n) is 9.19. The normalized spacial score (nSPS) is 19.5. The number of hydrogen-bond acceptors (Lipinski definition) is 8. The molecule has 1 atom stereocenters. The van der Waals surface area contributed by atoms with Gasteiger partial charge in [0.25, 0.3) is 5.91 Å². The van der Waals surface area contributed by atoms with Crippen molar-refractivity contribution in [1.82, 2.24) is 24.3 Å². The van der Waals surface area contributed by atoms with Crippen LogP contribution in [0.5, 0.6) is 0 Å². The van der Waals surface area contributed by atoms with Crippen LogP contribution in [0.4, 0.5) is 24.8 Å². The molecule has 0 aliphatic carbocycles. The third-order valence-corrected chi connectivity index (χ3v) is 9.19. The average molecular weight is 662 g/mol. The van der Waals surface area contributed by atoms with E-state index in [-0.39, 0.29) is 29.0 Å². The number of likely N-dealkylation sites (tertiary alicyclic amines) is 1. The van der Waals surface area contributed by atoms with Gasteiger partial charge in [-0.3, -0.25) is 14.0 Å². The summed E-state index contributed by atoms with van der Waals surface area (Å²) in [4.78, 5) is 41.9. The van der Waals surface area contributed by atoms with E-state index >= 15 is 0 Å². The van der Waals surface area contributed by atoms with Crippen molar-refractivity contribution in [2.24, 2.45) is 5.41 Å². The Morgan fingerprint density at radius 1 is 1.10 bits per heavy atom. The van der Waals surface area contributed by atoms with Gasteiger partial charge in [-0.15, -0.1) is 0 Å². The van der Waals surface area contributed by atoms with E-state index in [0.29, 0.717) is 62.7 Å². The SMILES string of the molecule is CC1(C(=O)N2CCCC(c3nc(-c4ccc(C(=O)Nc5cc(C(F)(F)F)ccn5)cc4)c4c(N)ncc(C5=CCOCC5)n34)C2)COC1. The Labute approximate surface area is 274 Å². The molecule has 2 saturated heterocycles. The summed E-state index contributed by atoms with van der Waals surface area (Å²) >= 11 is 0. The predicted molar refractivity (Wildman–Crippen MR) is 171 cm³/mol. The lowest BCUT2D eigenvalue weighted by molar-refractivity contribution is -0.170. The van der Waals surface area contributed by atoms with Gasteiger partial charge in [0.15, 0.2) is 0 Å². The van der Waals surface area contributed by atoms with Crippen LogP contribution in [0.2, 0.25) is 0 Å². The van der Waals surface area contributed by atoms with Crippen molar-refractivity contribution < 1.29 is 32.2 Å². The lowest BCUT2D eigenvalue weighted by atomic mass is 9.85. The van der Waals surface area contributed by atoms with Crippen molar-refractivity contribution in [3.05, 3.63) is 77.5 Å². The summed E-state index contributed by atoms with van der Waals surface area (Å²) in [7, 11) is 0. The number of anilines is 2. The molecule has 1 unspecified atom stereocenters. The molecule has 6 heterocycles. The Hall–Kier alpha value is -4.82. The van der Waals surface area contributed by atoms with Crippen LogP contribution in [0.15, 0.2) is 54.9 Å². The van der Waals surface area contributed by atoms with E-state index in [9.17, 15) is 22.8 Å². The number of piperidine rings is 1. The number of imidazole rings is 1. The first-order valence-electron chi connectivity index (χ1n) is 15.8. The van der Waals surface area contributed by atoms with Crippen LogP contribution in [0, 0.1) is 5.41 Å². The van der Waals surface area contributed by atoms with Gasteiger partial charge in [-0.05, 0) is 56.0 Å². The molecule has 48 heavy (non-hydrogen) atoms. The van der Waals surface area contributed by atoms with Crippen molar-refractivity contribution in [3.8, 4) is 11.3 Å². The Morgan fingerprint density at radius 3 is 2.58 bits per heavy atom.